The average molecular weight is 455 g/mol. The molecule has 3 atom stereocenters. The molecule has 0 N–H and O–H groups in total. The van der Waals surface area contributed by atoms with E-state index in [1.54, 1.807) is 0 Å². The summed E-state index contributed by atoms with van der Waals surface area (Å²) in [6.45, 7) is 6.30. The van der Waals surface area contributed by atoms with Crippen molar-refractivity contribution < 1.29 is 35.6 Å². The van der Waals surface area contributed by atoms with Crippen LogP contribution < -0.4 is 0 Å². The highest BCUT2D eigenvalue weighted by Crippen LogP contribution is 2.70. The molecule has 7 nitrogen and oxygen atoms in total. The third-order valence-corrected chi connectivity index (χ3v) is 11.0. The Morgan fingerprint density at radius 3 is 2.38 bits per heavy atom. The van der Waals surface area contributed by atoms with Crippen LogP contribution in [0.5, 0.6) is 0 Å². The van der Waals surface area contributed by atoms with E-state index in [0.717, 1.165) is 10.7 Å². The third kappa shape index (κ3) is 3.22. The van der Waals surface area contributed by atoms with Gasteiger partial charge in [-0.05, 0) is 44.4 Å². The van der Waals surface area contributed by atoms with Gasteiger partial charge < -0.3 is 9.05 Å². The number of carbonyl (C=O) groups excluding carboxylic acids is 1. The molecule has 0 radical (unpaired) electrons. The van der Waals surface area contributed by atoms with Gasteiger partial charge in [-0.2, -0.15) is 8.78 Å². The Labute approximate surface area is 170 Å². The maximum absolute atomic E-state index is 14.5. The lowest BCUT2D eigenvalue weighted by molar-refractivity contribution is -0.124. The first-order valence-corrected chi connectivity index (χ1v) is 13.0. The zero-order valence-corrected chi connectivity index (χ0v) is 18.8. The Morgan fingerprint density at radius 2 is 1.86 bits per heavy atom. The fourth-order valence-electron chi connectivity index (χ4n) is 5.46. The Morgan fingerprint density at radius 1 is 1.28 bits per heavy atom. The zero-order chi connectivity index (χ0) is 21.9. The van der Waals surface area contributed by atoms with Crippen LogP contribution in [-0.4, -0.2) is 49.3 Å². The first-order chi connectivity index (χ1) is 13.3. The molecule has 0 unspecified atom stereocenters. The van der Waals surface area contributed by atoms with Gasteiger partial charge in [0.2, 0.25) is 10.0 Å². The van der Waals surface area contributed by atoms with Crippen molar-refractivity contribution in [1.29, 1.82) is 0 Å². The van der Waals surface area contributed by atoms with Gasteiger partial charge in [0, 0.05) is 17.6 Å². The summed E-state index contributed by atoms with van der Waals surface area (Å²) < 4.78 is 77.1. The minimum absolute atomic E-state index is 0.139. The molecule has 2 bridgehead atoms. The minimum Gasteiger partial charge on any atom is -0.304 e. The van der Waals surface area contributed by atoms with Crippen LogP contribution in [0, 0.1) is 16.7 Å². The number of amides is 1. The van der Waals surface area contributed by atoms with Crippen LogP contribution in [0.15, 0.2) is 12.2 Å². The van der Waals surface area contributed by atoms with Crippen molar-refractivity contribution in [2.24, 2.45) is 16.7 Å². The van der Waals surface area contributed by atoms with Crippen molar-refractivity contribution in [1.82, 2.24) is 4.31 Å². The standard InChI is InChI=1S/C18H28F2NO6PS/c1-5-26-28(23,27-6-2)18(19,20)10-8-15(22)21-14-11-13-7-9-17(14,16(13,3)4)12-29(21,24)25/h8,10,13-14H,5-7,9,11-12H2,1-4H3/b10-8-/t13-,14-,17-/m0/s1. The predicted octanol–water partition coefficient (Wildman–Crippen LogP) is 3.77. The zero-order valence-electron chi connectivity index (χ0n) is 17.1. The van der Waals surface area contributed by atoms with E-state index in [4.69, 9.17) is 0 Å². The van der Waals surface area contributed by atoms with E-state index in [1.807, 2.05) is 13.8 Å². The number of nitrogens with zero attached hydrogens (tertiary/aromatic N) is 1. The summed E-state index contributed by atoms with van der Waals surface area (Å²) in [6.07, 6.45) is 2.77. The SMILES string of the molecule is CCOP(=O)(OCC)C(F)(F)/C=C\C(=O)N1[C@H]2C[C@@H]3CC[C@@]2(CS1(=O)=O)C3(C)C. The van der Waals surface area contributed by atoms with Crippen molar-refractivity contribution in [2.45, 2.75) is 58.7 Å². The van der Waals surface area contributed by atoms with Crippen molar-refractivity contribution in [3.8, 4) is 0 Å². The van der Waals surface area contributed by atoms with Crippen LogP contribution in [0.1, 0.15) is 47.0 Å². The number of alkyl halides is 2. The van der Waals surface area contributed by atoms with E-state index in [0.29, 0.717) is 24.8 Å². The van der Waals surface area contributed by atoms with E-state index in [9.17, 15) is 26.6 Å². The second kappa shape index (κ2) is 7.11. The van der Waals surface area contributed by atoms with Gasteiger partial charge in [-0.1, -0.05) is 13.8 Å². The maximum Gasteiger partial charge on any atom is 0.403 e. The minimum atomic E-state index is -4.84. The molecule has 0 aromatic rings. The van der Waals surface area contributed by atoms with Crippen LogP contribution >= 0.6 is 7.60 Å². The molecule has 3 fully saturated rings. The molecule has 0 aromatic carbocycles. The summed E-state index contributed by atoms with van der Waals surface area (Å²) >= 11 is 0. The topological polar surface area (TPSA) is 90.0 Å². The molecule has 3 rings (SSSR count). The number of hydrogen-bond donors (Lipinski definition) is 0. The third-order valence-electron chi connectivity index (χ3n) is 7.02. The Balaban J connectivity index is 1.88. The van der Waals surface area contributed by atoms with Crippen molar-refractivity contribution in [3.05, 3.63) is 12.2 Å². The van der Waals surface area contributed by atoms with E-state index >= 15 is 0 Å². The fourth-order valence-corrected chi connectivity index (χ4v) is 9.33. The van der Waals surface area contributed by atoms with Gasteiger partial charge in [-0.15, -0.1) is 0 Å². The van der Waals surface area contributed by atoms with Gasteiger partial charge in [0.25, 0.3) is 5.91 Å². The van der Waals surface area contributed by atoms with Gasteiger partial charge in [-0.3, -0.25) is 9.36 Å². The lowest BCUT2D eigenvalue weighted by Crippen LogP contribution is -2.43. The molecule has 11 heteroatoms. The quantitative estimate of drug-likeness (QED) is 0.429. The first-order valence-electron chi connectivity index (χ1n) is 9.80. The van der Waals surface area contributed by atoms with Crippen LogP contribution in [-0.2, 0) is 28.4 Å². The van der Waals surface area contributed by atoms with E-state index in [1.165, 1.54) is 13.8 Å². The first kappa shape index (κ1) is 22.8. The molecule has 0 aromatic heterocycles. The smallest absolute Gasteiger partial charge is 0.304 e. The molecule has 29 heavy (non-hydrogen) atoms. The Hall–Kier alpha value is -0.830. The van der Waals surface area contributed by atoms with Crippen LogP contribution in [0.2, 0.25) is 0 Å². The molecule has 1 spiro atoms. The van der Waals surface area contributed by atoms with Crippen molar-refractivity contribution >= 4 is 23.5 Å². The summed E-state index contributed by atoms with van der Waals surface area (Å²) in [5.74, 6) is -0.908. The molecule has 1 heterocycles. The molecule has 2 aliphatic carbocycles. The highest BCUT2D eigenvalue weighted by Gasteiger charge is 2.72. The van der Waals surface area contributed by atoms with Gasteiger partial charge in [-0.25, -0.2) is 12.7 Å². The Bertz CT molecular complexity index is 864. The summed E-state index contributed by atoms with van der Waals surface area (Å²) in [5.41, 5.74) is -4.86. The van der Waals surface area contributed by atoms with Gasteiger partial charge in [0.05, 0.1) is 25.0 Å². The number of halogens is 2. The van der Waals surface area contributed by atoms with Gasteiger partial charge in [0.15, 0.2) is 0 Å². The molecule has 1 saturated heterocycles. The molecule has 1 amide bonds. The van der Waals surface area contributed by atoms with Crippen molar-refractivity contribution in [2.75, 3.05) is 19.0 Å². The normalized spacial score (nSPS) is 32.8. The molecular weight excluding hydrogens is 427 g/mol. The van der Waals surface area contributed by atoms with Crippen molar-refractivity contribution in [3.63, 3.8) is 0 Å². The van der Waals surface area contributed by atoms with Gasteiger partial charge >= 0.3 is 13.3 Å². The number of sulfonamides is 1. The van der Waals surface area contributed by atoms with Crippen LogP contribution in [0.25, 0.3) is 0 Å². The maximum atomic E-state index is 14.5. The van der Waals surface area contributed by atoms with E-state index in [2.05, 4.69) is 9.05 Å². The molecule has 1 aliphatic heterocycles. The molecular formula is C18H28F2NO6PS. The van der Waals surface area contributed by atoms with E-state index < -0.39 is 40.6 Å². The number of hydrogen-bond acceptors (Lipinski definition) is 6. The summed E-state index contributed by atoms with van der Waals surface area (Å²) in [5, 5.41) is 0. The highest BCUT2D eigenvalue weighted by atomic mass is 32.2. The van der Waals surface area contributed by atoms with Gasteiger partial charge in [0.1, 0.15) is 0 Å². The lowest BCUT2D eigenvalue weighted by atomic mass is 9.69. The summed E-state index contributed by atoms with van der Waals surface area (Å²) in [4.78, 5) is 12.7. The van der Waals surface area contributed by atoms with E-state index in [-0.39, 0.29) is 30.5 Å². The fraction of sp³-hybridized carbons (Fsp3) is 0.833. The number of carbonyl (C=O) groups is 1. The summed E-state index contributed by atoms with van der Waals surface area (Å²) in [6, 6.07) is -0.530. The molecule has 2 saturated carbocycles. The molecule has 3 aliphatic rings. The second-order valence-corrected chi connectivity index (χ2v) is 12.5. The number of rotatable bonds is 7. The molecule has 166 valence electrons. The summed E-state index contributed by atoms with van der Waals surface area (Å²) in [7, 11) is -8.77. The Kier molecular flexibility index (Phi) is 5.60. The average Bonchev–Trinajstić information content (AvgIpc) is 3.07. The second-order valence-electron chi connectivity index (χ2n) is 8.51. The van der Waals surface area contributed by atoms with Crippen LogP contribution in [0.4, 0.5) is 8.78 Å². The monoisotopic (exact) mass is 455 g/mol. The number of fused-ring (bicyclic) bond motifs is 1. The number of allylic oxidation sites excluding steroid dienone is 1. The highest BCUT2D eigenvalue weighted by molar-refractivity contribution is 7.90. The van der Waals surface area contributed by atoms with Crippen LogP contribution in [0.3, 0.4) is 0 Å². The predicted molar refractivity (Wildman–Crippen MR) is 103 cm³/mol. The lowest BCUT2D eigenvalue weighted by Gasteiger charge is -2.36. The largest absolute Gasteiger partial charge is 0.403 e.